The molecule has 0 aliphatic heterocycles. The van der Waals surface area contributed by atoms with Gasteiger partial charge < -0.3 is 6.90 Å². The Labute approximate surface area is 115 Å². The topological polar surface area (TPSA) is 86.9 Å². The fourth-order valence-corrected chi connectivity index (χ4v) is 2.64. The third-order valence-electron chi connectivity index (χ3n) is 2.19. The summed E-state index contributed by atoms with van der Waals surface area (Å²) >= 11 is 0. The largest absolute Gasteiger partial charge is 1.00 e. The number of hydrogen-bond acceptors (Lipinski definition) is 3. The quantitative estimate of drug-likeness (QED) is 0.558. The molecule has 0 saturated heterocycles. The molecule has 3 N–H and O–H groups in total. The van der Waals surface area contributed by atoms with Crippen LogP contribution >= 0.6 is 0 Å². The van der Waals surface area contributed by atoms with Crippen LogP contribution in [0.1, 0.15) is 40.5 Å². The van der Waals surface area contributed by atoms with E-state index in [1.54, 1.807) is 6.92 Å². The first-order valence-corrected chi connectivity index (χ1v) is 6.21. The van der Waals surface area contributed by atoms with Crippen molar-refractivity contribution in [3.63, 3.8) is 0 Å². The zero-order valence-corrected chi connectivity index (χ0v) is 12.3. The number of nitrogens with one attached hydrogen (secondary N) is 1. The van der Waals surface area contributed by atoms with Crippen LogP contribution in [-0.2, 0) is 14.5 Å². The molecule has 0 amide bonds. The SMILES string of the molecule is CCOS(=O)(=O)NC1CCCCC1.O.[H-].[Na+]. The van der Waals surface area contributed by atoms with Gasteiger partial charge in [-0.1, -0.05) is 19.3 Å². The van der Waals surface area contributed by atoms with Gasteiger partial charge in [0.1, 0.15) is 0 Å². The van der Waals surface area contributed by atoms with Gasteiger partial charge in [0.25, 0.3) is 0 Å². The minimum Gasteiger partial charge on any atom is -1.00 e. The van der Waals surface area contributed by atoms with Gasteiger partial charge in [0.05, 0.1) is 6.61 Å². The molecule has 0 bridgehead atoms. The Morgan fingerprint density at radius 2 is 1.87 bits per heavy atom. The molecule has 5 nitrogen and oxygen atoms in total. The maximum atomic E-state index is 11.2. The fourth-order valence-electron chi connectivity index (χ4n) is 1.61. The van der Waals surface area contributed by atoms with Crippen LogP contribution in [0, 0.1) is 0 Å². The van der Waals surface area contributed by atoms with E-state index >= 15 is 0 Å². The second-order valence-corrected chi connectivity index (χ2v) is 4.69. The number of hydrogen-bond donors (Lipinski definition) is 1. The van der Waals surface area contributed by atoms with Crippen molar-refractivity contribution in [2.45, 2.75) is 45.1 Å². The van der Waals surface area contributed by atoms with Gasteiger partial charge in [-0.2, -0.15) is 13.1 Å². The Balaban J connectivity index is -0.000000563. The van der Waals surface area contributed by atoms with Crippen LogP contribution in [0.3, 0.4) is 0 Å². The van der Waals surface area contributed by atoms with Crippen molar-refractivity contribution < 1.29 is 49.1 Å². The van der Waals surface area contributed by atoms with E-state index in [2.05, 4.69) is 8.91 Å². The van der Waals surface area contributed by atoms with Crippen LogP contribution in [0.15, 0.2) is 0 Å². The third-order valence-corrected chi connectivity index (χ3v) is 3.36. The normalized spacial score (nSPS) is 17.7. The molecule has 0 spiro atoms. The third kappa shape index (κ3) is 7.68. The predicted molar refractivity (Wildman–Crippen MR) is 55.3 cm³/mol. The van der Waals surface area contributed by atoms with Gasteiger partial charge in [-0.25, -0.2) is 0 Å². The van der Waals surface area contributed by atoms with Crippen LogP contribution < -0.4 is 34.3 Å². The Kier molecular flexibility index (Phi) is 10.8. The molecule has 0 aromatic rings. The van der Waals surface area contributed by atoms with Gasteiger partial charge in [0.2, 0.25) is 0 Å². The summed E-state index contributed by atoms with van der Waals surface area (Å²) in [5.41, 5.74) is 0. The van der Waals surface area contributed by atoms with Gasteiger partial charge in [-0.05, 0) is 19.8 Å². The maximum absolute atomic E-state index is 11.2. The molecular formula is C8H20NNaO4S. The van der Waals surface area contributed by atoms with E-state index in [4.69, 9.17) is 0 Å². The van der Waals surface area contributed by atoms with Gasteiger partial charge >= 0.3 is 39.9 Å². The first-order chi connectivity index (χ1) is 6.14. The summed E-state index contributed by atoms with van der Waals surface area (Å²) in [6, 6.07) is 0.0882. The van der Waals surface area contributed by atoms with E-state index in [1.807, 2.05) is 0 Å². The standard InChI is InChI=1S/C8H17NO3S.Na.H2O.H/c1-2-12-13(10,11)9-8-6-4-3-5-7-8;;;/h8-9H,2-7H2,1H3;;1H2;/q;+1;;-1. The smallest absolute Gasteiger partial charge is 1.00 e. The summed E-state index contributed by atoms with van der Waals surface area (Å²) in [4.78, 5) is 0. The summed E-state index contributed by atoms with van der Waals surface area (Å²) in [6.07, 6.45) is 5.31. The van der Waals surface area contributed by atoms with Crippen LogP contribution in [-0.4, -0.2) is 26.5 Å². The molecule has 88 valence electrons. The molecule has 0 aromatic heterocycles. The molecule has 0 heterocycles. The molecule has 1 fully saturated rings. The fraction of sp³-hybridized carbons (Fsp3) is 1.00. The minimum absolute atomic E-state index is 0. The Morgan fingerprint density at radius 1 is 1.33 bits per heavy atom. The number of rotatable bonds is 4. The van der Waals surface area contributed by atoms with Gasteiger partial charge in [-0.3, -0.25) is 4.18 Å². The van der Waals surface area contributed by atoms with E-state index in [1.165, 1.54) is 6.42 Å². The molecule has 1 saturated carbocycles. The van der Waals surface area contributed by atoms with E-state index in [0.717, 1.165) is 25.7 Å². The molecule has 0 aromatic carbocycles. The van der Waals surface area contributed by atoms with Crippen LogP contribution in [0.2, 0.25) is 0 Å². The summed E-state index contributed by atoms with van der Waals surface area (Å²) in [5, 5.41) is 0. The monoisotopic (exact) mass is 249 g/mol. The average molecular weight is 249 g/mol. The summed E-state index contributed by atoms with van der Waals surface area (Å²) in [5.74, 6) is 0. The van der Waals surface area contributed by atoms with E-state index in [9.17, 15) is 8.42 Å². The summed E-state index contributed by atoms with van der Waals surface area (Å²) in [6.45, 7) is 1.86. The molecule has 1 rings (SSSR count). The second-order valence-electron chi connectivity index (χ2n) is 3.31. The van der Waals surface area contributed by atoms with E-state index in [-0.39, 0.29) is 49.1 Å². The van der Waals surface area contributed by atoms with E-state index in [0.29, 0.717) is 0 Å². The zero-order valence-electron chi connectivity index (χ0n) is 10.5. The molecule has 7 heteroatoms. The second kappa shape index (κ2) is 8.92. The molecule has 15 heavy (non-hydrogen) atoms. The van der Waals surface area contributed by atoms with Crippen LogP contribution in [0.4, 0.5) is 0 Å². The minimum atomic E-state index is -3.48. The average Bonchev–Trinajstić information content (AvgIpc) is 2.04. The molecule has 0 radical (unpaired) electrons. The van der Waals surface area contributed by atoms with Crippen molar-refractivity contribution >= 4 is 10.3 Å². The van der Waals surface area contributed by atoms with Crippen molar-refractivity contribution in [1.29, 1.82) is 0 Å². The van der Waals surface area contributed by atoms with Crippen LogP contribution in [0.5, 0.6) is 0 Å². The first kappa shape index (κ1) is 18.2. The molecule has 1 aliphatic rings. The van der Waals surface area contributed by atoms with Gasteiger partial charge in [0, 0.05) is 6.04 Å². The molecule has 1 aliphatic carbocycles. The Morgan fingerprint density at radius 3 is 2.33 bits per heavy atom. The zero-order chi connectivity index (χ0) is 9.73. The maximum Gasteiger partial charge on any atom is 1.00 e. The van der Waals surface area contributed by atoms with Gasteiger partial charge in [0.15, 0.2) is 0 Å². The van der Waals surface area contributed by atoms with Crippen molar-refractivity contribution in [2.24, 2.45) is 0 Å². The van der Waals surface area contributed by atoms with Crippen molar-refractivity contribution in [1.82, 2.24) is 4.72 Å². The molecule has 0 atom stereocenters. The summed E-state index contributed by atoms with van der Waals surface area (Å²) < 4.78 is 29.5. The van der Waals surface area contributed by atoms with Crippen molar-refractivity contribution in [3.05, 3.63) is 0 Å². The van der Waals surface area contributed by atoms with E-state index < -0.39 is 10.3 Å². The predicted octanol–water partition coefficient (Wildman–Crippen LogP) is -2.52. The Bertz CT molecular complexity index is 244. The van der Waals surface area contributed by atoms with Crippen LogP contribution in [0.25, 0.3) is 0 Å². The van der Waals surface area contributed by atoms with Gasteiger partial charge in [-0.15, -0.1) is 0 Å². The summed E-state index contributed by atoms with van der Waals surface area (Å²) in [7, 11) is -3.48. The first-order valence-electron chi connectivity index (χ1n) is 4.81. The molecular weight excluding hydrogens is 229 g/mol. The Hall–Kier alpha value is 0.830. The van der Waals surface area contributed by atoms with Crippen molar-refractivity contribution in [2.75, 3.05) is 6.61 Å². The van der Waals surface area contributed by atoms with Crippen molar-refractivity contribution in [3.8, 4) is 0 Å². The molecule has 0 unspecified atom stereocenters.